The molecule has 2 aliphatic heterocycles. The quantitative estimate of drug-likeness (QED) is 0.847. The molecule has 2 heterocycles. The third kappa shape index (κ3) is 4.23. The molecule has 0 bridgehead atoms. The Bertz CT molecular complexity index is 871. The van der Waals surface area contributed by atoms with Crippen LogP contribution in [0.5, 0.6) is 0 Å². The van der Waals surface area contributed by atoms with E-state index in [-0.39, 0.29) is 29.1 Å². The molecule has 1 fully saturated rings. The standard InChI is InChI=1S/C22H25F2N3O/c23-18-5-1-3-15(11-18)13-27-10-2-4-17(14-27)22(28)26-20-7-6-16-12-25-9-8-19(16)21(20)24/h1,3,5-7,11,17,25H,2,4,8-10,12-14H2,(H,26,28). The minimum Gasteiger partial charge on any atom is -0.323 e. The number of anilines is 1. The maximum Gasteiger partial charge on any atom is 0.228 e. The van der Waals surface area contributed by atoms with Gasteiger partial charge in [-0.2, -0.15) is 0 Å². The highest BCUT2D eigenvalue weighted by Crippen LogP contribution is 2.26. The average molecular weight is 385 g/mol. The van der Waals surface area contributed by atoms with Crippen LogP contribution in [0.1, 0.15) is 29.5 Å². The number of carbonyl (C=O) groups excluding carboxylic acids is 1. The number of likely N-dealkylation sites (tertiary alicyclic amines) is 1. The summed E-state index contributed by atoms with van der Waals surface area (Å²) >= 11 is 0. The Hall–Kier alpha value is -2.31. The number of nitrogens with one attached hydrogen (secondary N) is 2. The maximum absolute atomic E-state index is 14.8. The molecule has 1 unspecified atom stereocenters. The van der Waals surface area contributed by atoms with Crippen molar-refractivity contribution in [3.8, 4) is 0 Å². The van der Waals surface area contributed by atoms with E-state index >= 15 is 0 Å². The van der Waals surface area contributed by atoms with E-state index in [1.165, 1.54) is 12.1 Å². The predicted octanol–water partition coefficient (Wildman–Crippen LogP) is 3.46. The Kier molecular flexibility index (Phi) is 5.69. The van der Waals surface area contributed by atoms with Gasteiger partial charge in [0.25, 0.3) is 0 Å². The van der Waals surface area contributed by atoms with Crippen LogP contribution in [0.15, 0.2) is 36.4 Å². The molecule has 4 rings (SSSR count). The van der Waals surface area contributed by atoms with E-state index < -0.39 is 0 Å². The fourth-order valence-electron chi connectivity index (χ4n) is 4.17. The van der Waals surface area contributed by atoms with Gasteiger partial charge in [-0.25, -0.2) is 8.78 Å². The average Bonchev–Trinajstić information content (AvgIpc) is 2.70. The lowest BCUT2D eigenvalue weighted by Crippen LogP contribution is -2.40. The first-order chi connectivity index (χ1) is 13.6. The highest BCUT2D eigenvalue weighted by Gasteiger charge is 2.27. The normalized spacial score (nSPS) is 19.9. The van der Waals surface area contributed by atoms with E-state index in [0.29, 0.717) is 31.6 Å². The summed E-state index contributed by atoms with van der Waals surface area (Å²) in [6.45, 7) is 3.50. The number of fused-ring (bicyclic) bond motifs is 1. The van der Waals surface area contributed by atoms with Crippen molar-refractivity contribution in [2.45, 2.75) is 32.4 Å². The highest BCUT2D eigenvalue weighted by molar-refractivity contribution is 5.93. The van der Waals surface area contributed by atoms with Crippen molar-refractivity contribution in [1.82, 2.24) is 10.2 Å². The lowest BCUT2D eigenvalue weighted by molar-refractivity contribution is -0.121. The molecular formula is C22H25F2N3O. The Morgan fingerprint density at radius 3 is 3.00 bits per heavy atom. The summed E-state index contributed by atoms with van der Waals surface area (Å²) in [4.78, 5) is 14.9. The molecule has 2 aromatic rings. The van der Waals surface area contributed by atoms with Gasteiger partial charge in [-0.15, -0.1) is 0 Å². The summed E-state index contributed by atoms with van der Waals surface area (Å²) < 4.78 is 28.2. The van der Waals surface area contributed by atoms with Gasteiger partial charge < -0.3 is 10.6 Å². The van der Waals surface area contributed by atoms with Gasteiger partial charge in [0.05, 0.1) is 11.6 Å². The van der Waals surface area contributed by atoms with Crippen LogP contribution in [0, 0.1) is 17.6 Å². The zero-order chi connectivity index (χ0) is 19.5. The number of amides is 1. The van der Waals surface area contributed by atoms with Crippen molar-refractivity contribution in [3.05, 3.63) is 64.7 Å². The molecule has 148 valence electrons. The smallest absolute Gasteiger partial charge is 0.228 e. The number of hydrogen-bond donors (Lipinski definition) is 2. The van der Waals surface area contributed by atoms with Crippen molar-refractivity contribution in [2.75, 3.05) is 25.0 Å². The van der Waals surface area contributed by atoms with Crippen molar-refractivity contribution in [2.24, 2.45) is 5.92 Å². The first-order valence-corrected chi connectivity index (χ1v) is 9.89. The zero-order valence-electron chi connectivity index (χ0n) is 15.8. The van der Waals surface area contributed by atoms with Crippen LogP contribution in [0.3, 0.4) is 0 Å². The summed E-state index contributed by atoms with van der Waals surface area (Å²) in [6.07, 6.45) is 2.31. The predicted molar refractivity (Wildman–Crippen MR) is 105 cm³/mol. The van der Waals surface area contributed by atoms with Crippen molar-refractivity contribution in [3.63, 3.8) is 0 Å². The number of piperidine rings is 1. The zero-order valence-corrected chi connectivity index (χ0v) is 15.8. The van der Waals surface area contributed by atoms with Crippen LogP contribution in [0.4, 0.5) is 14.5 Å². The first kappa shape index (κ1) is 19.0. The van der Waals surface area contributed by atoms with E-state index in [0.717, 1.165) is 37.1 Å². The summed E-state index contributed by atoms with van der Waals surface area (Å²) in [5.74, 6) is -0.891. The minimum atomic E-state index is -0.306. The van der Waals surface area contributed by atoms with Gasteiger partial charge in [-0.05, 0) is 67.2 Å². The molecule has 2 aromatic carbocycles. The Labute approximate surface area is 163 Å². The van der Waals surface area contributed by atoms with Crippen LogP contribution < -0.4 is 10.6 Å². The molecule has 0 spiro atoms. The molecule has 6 heteroatoms. The highest BCUT2D eigenvalue weighted by atomic mass is 19.1. The minimum absolute atomic E-state index is 0.142. The molecule has 4 nitrogen and oxygen atoms in total. The Morgan fingerprint density at radius 2 is 2.14 bits per heavy atom. The fourth-order valence-corrected chi connectivity index (χ4v) is 4.17. The first-order valence-electron chi connectivity index (χ1n) is 9.89. The molecule has 1 amide bonds. The Balaban J connectivity index is 1.41. The molecule has 28 heavy (non-hydrogen) atoms. The van der Waals surface area contributed by atoms with Crippen molar-refractivity contribution >= 4 is 11.6 Å². The molecule has 2 N–H and O–H groups in total. The number of rotatable bonds is 4. The van der Waals surface area contributed by atoms with Crippen LogP contribution in [-0.2, 0) is 24.3 Å². The second-order valence-electron chi connectivity index (χ2n) is 7.68. The molecule has 0 saturated carbocycles. The second kappa shape index (κ2) is 8.37. The van der Waals surface area contributed by atoms with E-state index in [1.807, 2.05) is 12.1 Å². The lowest BCUT2D eigenvalue weighted by Gasteiger charge is -2.32. The third-order valence-corrected chi connectivity index (χ3v) is 5.64. The van der Waals surface area contributed by atoms with Gasteiger partial charge in [0.15, 0.2) is 0 Å². The largest absolute Gasteiger partial charge is 0.323 e. The summed E-state index contributed by atoms with van der Waals surface area (Å²) in [5.41, 5.74) is 2.83. The number of benzene rings is 2. The van der Waals surface area contributed by atoms with Crippen LogP contribution in [0.25, 0.3) is 0 Å². The van der Waals surface area contributed by atoms with Gasteiger partial charge in [0.1, 0.15) is 11.6 Å². The molecule has 2 aliphatic rings. The SMILES string of the molecule is O=C(Nc1ccc2c(c1F)CCNC2)C1CCCN(Cc2cccc(F)c2)C1. The van der Waals surface area contributed by atoms with Crippen molar-refractivity contribution in [1.29, 1.82) is 0 Å². The molecule has 0 aliphatic carbocycles. The lowest BCUT2D eigenvalue weighted by atomic mass is 9.96. The van der Waals surface area contributed by atoms with Gasteiger partial charge in [0.2, 0.25) is 5.91 Å². The summed E-state index contributed by atoms with van der Waals surface area (Å²) in [6, 6.07) is 10.1. The van der Waals surface area contributed by atoms with Crippen LogP contribution in [0.2, 0.25) is 0 Å². The van der Waals surface area contributed by atoms with Gasteiger partial charge in [0, 0.05) is 19.6 Å². The number of hydrogen-bond acceptors (Lipinski definition) is 3. The molecule has 1 atom stereocenters. The topological polar surface area (TPSA) is 44.4 Å². The van der Waals surface area contributed by atoms with Gasteiger partial charge in [-0.3, -0.25) is 9.69 Å². The summed E-state index contributed by atoms with van der Waals surface area (Å²) in [5, 5.41) is 6.03. The van der Waals surface area contributed by atoms with E-state index in [9.17, 15) is 13.6 Å². The number of nitrogens with zero attached hydrogens (tertiary/aromatic N) is 1. The maximum atomic E-state index is 14.8. The van der Waals surface area contributed by atoms with E-state index in [4.69, 9.17) is 0 Å². The van der Waals surface area contributed by atoms with Crippen molar-refractivity contribution < 1.29 is 13.6 Å². The van der Waals surface area contributed by atoms with E-state index in [1.54, 1.807) is 12.1 Å². The third-order valence-electron chi connectivity index (χ3n) is 5.64. The monoisotopic (exact) mass is 385 g/mol. The fraction of sp³-hybridized carbons (Fsp3) is 0.409. The molecule has 0 aromatic heterocycles. The van der Waals surface area contributed by atoms with E-state index in [2.05, 4.69) is 15.5 Å². The second-order valence-corrected chi connectivity index (χ2v) is 7.68. The number of carbonyl (C=O) groups is 1. The number of halogens is 2. The van der Waals surface area contributed by atoms with Crippen LogP contribution >= 0.6 is 0 Å². The van der Waals surface area contributed by atoms with Crippen LogP contribution in [-0.4, -0.2) is 30.4 Å². The molecule has 0 radical (unpaired) electrons. The summed E-state index contributed by atoms with van der Waals surface area (Å²) in [7, 11) is 0. The van der Waals surface area contributed by atoms with Gasteiger partial charge in [-0.1, -0.05) is 18.2 Å². The molecular weight excluding hydrogens is 360 g/mol. The Morgan fingerprint density at radius 1 is 1.25 bits per heavy atom. The molecule has 1 saturated heterocycles. The van der Waals surface area contributed by atoms with Gasteiger partial charge >= 0.3 is 0 Å².